The number of rotatable bonds is 6. The first-order chi connectivity index (χ1) is 13.8. The Bertz CT molecular complexity index is 587. The summed E-state index contributed by atoms with van der Waals surface area (Å²) < 4.78 is 0. The van der Waals surface area contributed by atoms with Gasteiger partial charge in [0.1, 0.15) is 0 Å². The highest BCUT2D eigenvalue weighted by Crippen LogP contribution is 2.67. The topological polar surface area (TPSA) is 0 Å². The molecule has 166 valence electrons. The number of hydrogen-bond donors (Lipinski definition) is 0. The largest absolute Gasteiger partial charge is 0.0882 e. The Morgan fingerprint density at radius 1 is 0.862 bits per heavy atom. The molecule has 0 radical (unpaired) electrons. The fourth-order valence-corrected chi connectivity index (χ4v) is 9.49. The maximum absolute atomic E-state index is 2.75. The lowest BCUT2D eigenvalue weighted by molar-refractivity contribution is -0.0956. The summed E-state index contributed by atoms with van der Waals surface area (Å²) in [5, 5.41) is 0. The van der Waals surface area contributed by atoms with Gasteiger partial charge in [-0.15, -0.1) is 0 Å². The second kappa shape index (κ2) is 8.35. The average Bonchev–Trinajstić information content (AvgIpc) is 3.05. The summed E-state index contributed by atoms with van der Waals surface area (Å²) in [7, 11) is 0. The van der Waals surface area contributed by atoms with Crippen molar-refractivity contribution in [2.75, 3.05) is 0 Å². The van der Waals surface area contributed by atoms with Crippen LogP contribution < -0.4 is 0 Å². The average molecular weight is 399 g/mol. The summed E-state index contributed by atoms with van der Waals surface area (Å²) in [6.07, 6.45) is 21.4. The molecule has 3 fully saturated rings. The molecule has 0 aromatic rings. The van der Waals surface area contributed by atoms with Crippen molar-refractivity contribution in [2.24, 2.45) is 58.2 Å². The molecule has 0 heterocycles. The maximum Gasteiger partial charge on any atom is -0.0177 e. The minimum absolute atomic E-state index is 0.619. The van der Waals surface area contributed by atoms with Crippen LogP contribution in [0.25, 0.3) is 0 Å². The fraction of sp³-hybridized carbons (Fsp3) is 0.931. The predicted molar refractivity (Wildman–Crippen MR) is 127 cm³/mol. The van der Waals surface area contributed by atoms with Gasteiger partial charge in [0.15, 0.2) is 0 Å². The Kier molecular flexibility index (Phi) is 6.32. The van der Waals surface area contributed by atoms with E-state index in [0.29, 0.717) is 10.8 Å². The number of hydrogen-bond acceptors (Lipinski definition) is 0. The second-order valence-corrected chi connectivity index (χ2v) is 12.7. The molecule has 9 unspecified atom stereocenters. The first-order valence-corrected chi connectivity index (χ1v) is 13.5. The van der Waals surface area contributed by atoms with E-state index >= 15 is 0 Å². The molecule has 4 aliphatic rings. The van der Waals surface area contributed by atoms with Gasteiger partial charge in [-0.3, -0.25) is 0 Å². The molecule has 0 aromatic carbocycles. The Labute approximate surface area is 182 Å². The van der Waals surface area contributed by atoms with Gasteiger partial charge >= 0.3 is 0 Å². The van der Waals surface area contributed by atoms with E-state index in [9.17, 15) is 0 Å². The normalized spacial score (nSPS) is 46.1. The van der Waals surface area contributed by atoms with Crippen LogP contribution in [0.3, 0.4) is 0 Å². The maximum atomic E-state index is 2.75. The molecule has 3 saturated carbocycles. The van der Waals surface area contributed by atoms with Gasteiger partial charge < -0.3 is 0 Å². The molecule has 0 heteroatoms. The highest BCUT2D eigenvalue weighted by atomic mass is 14.6. The predicted octanol–water partition coefficient (Wildman–Crippen LogP) is 8.91. The molecule has 4 rings (SSSR count). The van der Waals surface area contributed by atoms with Crippen molar-refractivity contribution in [3.05, 3.63) is 12.2 Å². The molecule has 4 aliphatic carbocycles. The molecular formula is C29H50. The first-order valence-electron chi connectivity index (χ1n) is 13.5. The van der Waals surface area contributed by atoms with E-state index in [1.165, 1.54) is 64.2 Å². The van der Waals surface area contributed by atoms with Gasteiger partial charge in [0.05, 0.1) is 0 Å². The third kappa shape index (κ3) is 3.67. The molecule has 0 aromatic heterocycles. The van der Waals surface area contributed by atoms with Crippen LogP contribution >= 0.6 is 0 Å². The molecule has 0 spiro atoms. The van der Waals surface area contributed by atoms with Crippen LogP contribution in [0.1, 0.15) is 112 Å². The second-order valence-electron chi connectivity index (χ2n) is 12.7. The molecular weight excluding hydrogens is 348 g/mol. The minimum Gasteiger partial charge on any atom is -0.0882 e. The molecule has 9 atom stereocenters. The van der Waals surface area contributed by atoms with Gasteiger partial charge in [-0.2, -0.15) is 0 Å². The van der Waals surface area contributed by atoms with E-state index in [-0.39, 0.29) is 0 Å². The Balaban J connectivity index is 1.46. The lowest BCUT2D eigenvalue weighted by Crippen LogP contribution is -2.52. The summed E-state index contributed by atoms with van der Waals surface area (Å²) in [6.45, 7) is 15.3. The summed E-state index contributed by atoms with van der Waals surface area (Å²) in [5.41, 5.74) is 1.27. The van der Waals surface area contributed by atoms with E-state index < -0.39 is 0 Å². The van der Waals surface area contributed by atoms with Crippen LogP contribution in [0.5, 0.6) is 0 Å². The smallest absolute Gasteiger partial charge is 0.0177 e. The molecule has 0 aliphatic heterocycles. The van der Waals surface area contributed by atoms with E-state index in [1.54, 1.807) is 6.42 Å². The molecule has 0 nitrogen and oxygen atoms in total. The highest BCUT2D eigenvalue weighted by molar-refractivity contribution is 5.13. The molecule has 0 saturated heterocycles. The molecule has 0 N–H and O–H groups in total. The Morgan fingerprint density at radius 2 is 1.62 bits per heavy atom. The van der Waals surface area contributed by atoms with Crippen LogP contribution in [-0.2, 0) is 0 Å². The number of allylic oxidation sites excluding steroid dienone is 2. The zero-order valence-corrected chi connectivity index (χ0v) is 20.6. The van der Waals surface area contributed by atoms with Crippen LogP contribution in [0.4, 0.5) is 0 Å². The van der Waals surface area contributed by atoms with Crippen molar-refractivity contribution in [3.63, 3.8) is 0 Å². The lowest BCUT2D eigenvalue weighted by Gasteiger charge is -2.60. The van der Waals surface area contributed by atoms with Crippen LogP contribution in [0.15, 0.2) is 12.2 Å². The van der Waals surface area contributed by atoms with Gasteiger partial charge in [0.2, 0.25) is 0 Å². The zero-order valence-electron chi connectivity index (χ0n) is 20.6. The van der Waals surface area contributed by atoms with Gasteiger partial charge in [-0.05, 0) is 116 Å². The van der Waals surface area contributed by atoms with Crippen molar-refractivity contribution in [1.82, 2.24) is 0 Å². The van der Waals surface area contributed by atoms with Crippen molar-refractivity contribution >= 4 is 0 Å². The zero-order chi connectivity index (χ0) is 20.8. The highest BCUT2D eigenvalue weighted by Gasteiger charge is 2.59. The molecule has 0 amide bonds. The van der Waals surface area contributed by atoms with Crippen molar-refractivity contribution in [1.29, 1.82) is 0 Å². The van der Waals surface area contributed by atoms with Gasteiger partial charge in [0, 0.05) is 0 Å². The summed E-state index contributed by atoms with van der Waals surface area (Å²) in [5.74, 6) is 7.70. The fourth-order valence-electron chi connectivity index (χ4n) is 9.49. The summed E-state index contributed by atoms with van der Waals surface area (Å²) in [6, 6.07) is 0. The SMILES string of the molecule is CCC(CCC(C)C1CCC2C3CCC4C=CCCC4(C)C3CCC12C)C(C)C. The third-order valence-electron chi connectivity index (χ3n) is 11.4. The quantitative estimate of drug-likeness (QED) is 0.392. The minimum atomic E-state index is 0.619. The number of fused-ring (bicyclic) bond motifs is 5. The first kappa shape index (κ1) is 22.0. The van der Waals surface area contributed by atoms with Gasteiger partial charge in [0.25, 0.3) is 0 Å². The van der Waals surface area contributed by atoms with E-state index in [0.717, 1.165) is 47.3 Å². The third-order valence-corrected chi connectivity index (χ3v) is 11.4. The standard InChI is InChI=1S/C29H50/c1-7-22(20(2)3)12-11-21(4)25-15-16-26-24-14-13-23-10-8-9-18-28(23,5)27(24)17-19-29(25,26)6/h8,10,20-27H,7,9,11-19H2,1-6H3. The van der Waals surface area contributed by atoms with Gasteiger partial charge in [-0.1, -0.05) is 66.5 Å². The van der Waals surface area contributed by atoms with E-state index in [4.69, 9.17) is 0 Å². The van der Waals surface area contributed by atoms with Crippen LogP contribution in [0, 0.1) is 58.2 Å². The van der Waals surface area contributed by atoms with Crippen LogP contribution in [0.2, 0.25) is 0 Å². The lowest BCUT2D eigenvalue weighted by atomic mass is 9.45. The summed E-state index contributed by atoms with van der Waals surface area (Å²) >= 11 is 0. The van der Waals surface area contributed by atoms with Crippen molar-refractivity contribution in [2.45, 2.75) is 112 Å². The summed E-state index contributed by atoms with van der Waals surface area (Å²) in [4.78, 5) is 0. The Hall–Kier alpha value is -0.260. The monoisotopic (exact) mass is 398 g/mol. The van der Waals surface area contributed by atoms with Crippen molar-refractivity contribution in [3.8, 4) is 0 Å². The van der Waals surface area contributed by atoms with E-state index in [2.05, 4.69) is 53.7 Å². The Morgan fingerprint density at radius 3 is 2.34 bits per heavy atom. The molecule has 0 bridgehead atoms. The molecule has 29 heavy (non-hydrogen) atoms. The van der Waals surface area contributed by atoms with Crippen LogP contribution in [-0.4, -0.2) is 0 Å². The van der Waals surface area contributed by atoms with E-state index in [1.807, 2.05) is 0 Å². The van der Waals surface area contributed by atoms with Gasteiger partial charge in [-0.25, -0.2) is 0 Å². The van der Waals surface area contributed by atoms with Crippen molar-refractivity contribution < 1.29 is 0 Å².